The van der Waals surface area contributed by atoms with Crippen molar-refractivity contribution in [2.24, 2.45) is 0 Å². The maximum Gasteiger partial charge on any atom is 0.490 e. The van der Waals surface area contributed by atoms with Gasteiger partial charge >= 0.3 is 12.1 Å². The number of alkyl halides is 3. The van der Waals surface area contributed by atoms with Gasteiger partial charge in [0.1, 0.15) is 5.82 Å². The van der Waals surface area contributed by atoms with E-state index in [-0.39, 0.29) is 23.9 Å². The number of nitrogens with zero attached hydrogens (tertiary/aromatic N) is 2. The largest absolute Gasteiger partial charge is 0.490 e. The van der Waals surface area contributed by atoms with Crippen LogP contribution in [-0.4, -0.2) is 90.5 Å². The van der Waals surface area contributed by atoms with Crippen LogP contribution in [0.2, 0.25) is 5.02 Å². The molecule has 2 aromatic rings. The number of carbonyl (C=O) groups excluding carboxylic acids is 2. The van der Waals surface area contributed by atoms with E-state index in [1.807, 2.05) is 9.80 Å². The van der Waals surface area contributed by atoms with Gasteiger partial charge in [-0.15, -0.1) is 0 Å². The van der Waals surface area contributed by atoms with Crippen LogP contribution in [0, 0.1) is 5.82 Å². The number of benzene rings is 2. The second kappa shape index (κ2) is 13.3. The van der Waals surface area contributed by atoms with E-state index < -0.39 is 24.1 Å². The molecule has 9 nitrogen and oxygen atoms in total. The molecule has 0 aliphatic carbocycles. The molecule has 2 saturated heterocycles. The number of piperidine rings is 1. The molecule has 0 saturated carbocycles. The van der Waals surface area contributed by atoms with Gasteiger partial charge in [-0.3, -0.25) is 9.59 Å². The SMILES string of the molecule is CNC(=O)c1ccc(F)cc1N1C[C@@H](O)[C@H](NC2CCN(C(=O)c3ccc(Cl)cc3)CC2)C1.O=C(O)C(F)(F)F. The second-order valence-corrected chi connectivity index (χ2v) is 9.80. The molecule has 2 aromatic carbocycles. The lowest BCUT2D eigenvalue weighted by atomic mass is 10.0. The first kappa shape index (κ1) is 31.1. The molecular weight excluding hydrogens is 560 g/mol. The van der Waals surface area contributed by atoms with Gasteiger partial charge in [0.2, 0.25) is 0 Å². The normalized spacial score (nSPS) is 19.6. The number of carboxylic acids is 1. The Hall–Kier alpha value is -3.42. The van der Waals surface area contributed by atoms with Gasteiger partial charge in [-0.2, -0.15) is 13.2 Å². The van der Waals surface area contributed by atoms with Gasteiger partial charge in [0.15, 0.2) is 0 Å². The molecular formula is C26H29ClF4N4O5. The van der Waals surface area contributed by atoms with Crippen LogP contribution in [0.1, 0.15) is 33.6 Å². The molecule has 2 amide bonds. The van der Waals surface area contributed by atoms with Gasteiger partial charge in [0.25, 0.3) is 11.8 Å². The molecule has 2 aliphatic heterocycles. The van der Waals surface area contributed by atoms with Crippen molar-refractivity contribution in [2.45, 2.75) is 37.2 Å². The first-order valence-electron chi connectivity index (χ1n) is 12.4. The Balaban J connectivity index is 0.000000559. The number of anilines is 1. The number of β-amino-alcohol motifs (C(OH)–C–C–N with tert-alkyl or cyclic N) is 1. The molecule has 2 atom stereocenters. The number of rotatable bonds is 5. The number of likely N-dealkylation sites (tertiary alicyclic amines) is 1. The van der Waals surface area contributed by atoms with E-state index in [0.29, 0.717) is 48.0 Å². The van der Waals surface area contributed by atoms with Crippen molar-refractivity contribution in [1.29, 1.82) is 0 Å². The summed E-state index contributed by atoms with van der Waals surface area (Å²) < 4.78 is 45.6. The lowest BCUT2D eigenvalue weighted by Gasteiger charge is -2.34. The van der Waals surface area contributed by atoms with Crippen LogP contribution < -0.4 is 15.5 Å². The number of carbonyl (C=O) groups is 3. The van der Waals surface area contributed by atoms with E-state index in [4.69, 9.17) is 21.5 Å². The molecule has 0 bridgehead atoms. The third kappa shape index (κ3) is 8.05. The van der Waals surface area contributed by atoms with Gasteiger partial charge in [0.05, 0.1) is 23.4 Å². The zero-order chi connectivity index (χ0) is 29.6. The van der Waals surface area contributed by atoms with Gasteiger partial charge in [-0.05, 0) is 55.3 Å². The van der Waals surface area contributed by atoms with Gasteiger partial charge in [0, 0.05) is 49.9 Å². The number of aliphatic hydroxyl groups is 1. The zero-order valence-corrected chi connectivity index (χ0v) is 22.2. The molecule has 4 N–H and O–H groups in total. The van der Waals surface area contributed by atoms with Crippen molar-refractivity contribution in [1.82, 2.24) is 15.5 Å². The highest BCUT2D eigenvalue weighted by atomic mass is 35.5. The van der Waals surface area contributed by atoms with E-state index in [0.717, 1.165) is 12.8 Å². The van der Waals surface area contributed by atoms with Gasteiger partial charge in [-0.25, -0.2) is 9.18 Å². The number of hydrogen-bond donors (Lipinski definition) is 4. The topological polar surface area (TPSA) is 122 Å². The summed E-state index contributed by atoms with van der Waals surface area (Å²) in [5, 5.41) is 24.5. The standard InChI is InChI=1S/C24H28ClFN4O3.C2HF3O2/c1-27-23(32)19-7-6-17(26)12-21(19)30-13-20(22(31)14-30)28-18-8-10-29(11-9-18)24(33)15-2-4-16(25)5-3-15;3-2(4,5)1(6)7/h2-7,12,18,20,22,28,31H,8-11,13-14H2,1H3,(H,27,32);(H,6,7)/t20-,22-;/m1./s1. The maximum absolute atomic E-state index is 13.9. The monoisotopic (exact) mass is 588 g/mol. The molecule has 2 fully saturated rings. The van der Waals surface area contributed by atoms with Crippen molar-refractivity contribution in [2.75, 3.05) is 38.1 Å². The van der Waals surface area contributed by atoms with Gasteiger partial charge < -0.3 is 30.6 Å². The predicted octanol–water partition coefficient (Wildman–Crippen LogP) is 2.92. The van der Waals surface area contributed by atoms with Crippen LogP contribution in [0.5, 0.6) is 0 Å². The average molecular weight is 589 g/mol. The fourth-order valence-electron chi connectivity index (χ4n) is 4.57. The van der Waals surface area contributed by atoms with E-state index in [1.54, 1.807) is 24.3 Å². The Kier molecular flexibility index (Phi) is 10.3. The second-order valence-electron chi connectivity index (χ2n) is 9.36. The summed E-state index contributed by atoms with van der Waals surface area (Å²) in [5.41, 5.74) is 1.47. The van der Waals surface area contributed by atoms with Crippen LogP contribution in [-0.2, 0) is 4.79 Å². The summed E-state index contributed by atoms with van der Waals surface area (Å²) in [6, 6.07) is 10.9. The molecule has 0 unspecified atom stereocenters. The summed E-state index contributed by atoms with van der Waals surface area (Å²) in [7, 11) is 1.53. The van der Waals surface area contributed by atoms with E-state index >= 15 is 0 Å². The number of halogens is 5. The number of amides is 2. The first-order valence-corrected chi connectivity index (χ1v) is 12.7. The van der Waals surface area contributed by atoms with Crippen LogP contribution in [0.15, 0.2) is 42.5 Å². The van der Waals surface area contributed by atoms with Crippen LogP contribution in [0.3, 0.4) is 0 Å². The number of nitrogens with one attached hydrogen (secondary N) is 2. The number of hydrogen-bond acceptors (Lipinski definition) is 6. The molecule has 218 valence electrons. The summed E-state index contributed by atoms with van der Waals surface area (Å²) >= 11 is 5.91. The van der Waals surface area contributed by atoms with Crippen LogP contribution in [0.25, 0.3) is 0 Å². The molecule has 0 radical (unpaired) electrons. The van der Waals surface area contributed by atoms with Crippen molar-refractivity contribution >= 4 is 35.1 Å². The third-order valence-corrected chi connectivity index (χ3v) is 6.88. The molecule has 14 heteroatoms. The fourth-order valence-corrected chi connectivity index (χ4v) is 4.69. The first-order chi connectivity index (χ1) is 18.8. The molecule has 0 spiro atoms. The van der Waals surface area contributed by atoms with Crippen molar-refractivity contribution in [3.63, 3.8) is 0 Å². The van der Waals surface area contributed by atoms with E-state index in [1.165, 1.54) is 25.2 Å². The summed E-state index contributed by atoms with van der Waals surface area (Å²) in [6.07, 6.45) is -4.20. The quantitative estimate of drug-likeness (QED) is 0.396. The zero-order valence-electron chi connectivity index (χ0n) is 21.4. The number of carboxylic acid groups (broad SMARTS) is 1. The van der Waals surface area contributed by atoms with Crippen molar-refractivity contribution in [3.8, 4) is 0 Å². The van der Waals surface area contributed by atoms with Gasteiger partial charge in [-0.1, -0.05) is 11.6 Å². The Labute approximate surface area is 232 Å². The highest BCUT2D eigenvalue weighted by Gasteiger charge is 2.38. The van der Waals surface area contributed by atoms with E-state index in [2.05, 4.69) is 10.6 Å². The minimum atomic E-state index is -5.08. The fraction of sp³-hybridized carbons (Fsp3) is 0.423. The Morgan fingerprint density at radius 3 is 2.17 bits per heavy atom. The Morgan fingerprint density at radius 1 is 1.02 bits per heavy atom. The lowest BCUT2D eigenvalue weighted by Crippen LogP contribution is -2.50. The number of aliphatic hydroxyl groups excluding tert-OH is 1. The summed E-state index contributed by atoms with van der Waals surface area (Å²) in [5.74, 6) is -3.49. The smallest absolute Gasteiger partial charge is 0.475 e. The maximum atomic E-state index is 13.9. The van der Waals surface area contributed by atoms with Crippen molar-refractivity contribution < 1.29 is 42.2 Å². The minimum absolute atomic E-state index is 0.00923. The Bertz CT molecular complexity index is 1210. The summed E-state index contributed by atoms with van der Waals surface area (Å²) in [4.78, 5) is 37.5. The molecule has 2 aliphatic rings. The lowest BCUT2D eigenvalue weighted by molar-refractivity contribution is -0.192. The molecule has 40 heavy (non-hydrogen) atoms. The van der Waals surface area contributed by atoms with Crippen LogP contribution in [0.4, 0.5) is 23.2 Å². The minimum Gasteiger partial charge on any atom is -0.475 e. The molecule has 0 aromatic heterocycles. The van der Waals surface area contributed by atoms with Crippen molar-refractivity contribution in [3.05, 3.63) is 64.4 Å². The van der Waals surface area contributed by atoms with Crippen LogP contribution >= 0.6 is 11.6 Å². The summed E-state index contributed by atoms with van der Waals surface area (Å²) in [6.45, 7) is 2.00. The predicted molar refractivity (Wildman–Crippen MR) is 139 cm³/mol. The highest BCUT2D eigenvalue weighted by molar-refractivity contribution is 6.30. The molecule has 4 rings (SSSR count). The Morgan fingerprint density at radius 2 is 1.62 bits per heavy atom. The number of aliphatic carboxylic acids is 1. The highest BCUT2D eigenvalue weighted by Crippen LogP contribution is 2.27. The van der Waals surface area contributed by atoms with E-state index in [9.17, 15) is 32.3 Å². The average Bonchev–Trinajstić information content (AvgIpc) is 3.28. The molecule has 2 heterocycles. The third-order valence-electron chi connectivity index (χ3n) is 6.63.